The van der Waals surface area contributed by atoms with Crippen molar-refractivity contribution in [3.05, 3.63) is 22.8 Å². The third-order valence-corrected chi connectivity index (χ3v) is 9.83. The molecule has 1 saturated heterocycles. The summed E-state index contributed by atoms with van der Waals surface area (Å²) >= 11 is 0. The van der Waals surface area contributed by atoms with Gasteiger partial charge in [-0.05, 0) is 77.7 Å². The van der Waals surface area contributed by atoms with E-state index in [2.05, 4.69) is 4.74 Å². The number of hydrogen-bond donors (Lipinski definition) is 4. The first kappa shape index (κ1) is 33.0. The Balaban J connectivity index is 1.63. The van der Waals surface area contributed by atoms with Crippen molar-refractivity contribution in [3.8, 4) is 11.5 Å². The molecule has 0 aromatic heterocycles. The van der Waals surface area contributed by atoms with Gasteiger partial charge in [-0.25, -0.2) is 0 Å². The van der Waals surface area contributed by atoms with Gasteiger partial charge in [0.25, 0.3) is 0 Å². The second-order valence-corrected chi connectivity index (χ2v) is 12.6. The minimum absolute atomic E-state index is 0.0217. The number of nitrogens with two attached hydrogens (primary N) is 1. The van der Waals surface area contributed by atoms with Crippen LogP contribution in [0.1, 0.15) is 59.6 Å². The lowest BCUT2D eigenvalue weighted by molar-refractivity contribution is -0.275. The number of unbranched alkanes of at least 4 members (excludes halogenated alkanes) is 1. The summed E-state index contributed by atoms with van der Waals surface area (Å²) in [4.78, 5) is 70.0. The van der Waals surface area contributed by atoms with Crippen LogP contribution in [-0.2, 0) is 25.6 Å². The van der Waals surface area contributed by atoms with Gasteiger partial charge in [0.1, 0.15) is 11.5 Å². The zero-order valence-electron chi connectivity index (χ0n) is 24.8. The number of amides is 1. The highest BCUT2D eigenvalue weighted by atomic mass is 19.4. The molecule has 45 heavy (non-hydrogen) atoms. The molecule has 1 heterocycles. The number of halogens is 3. The topological polar surface area (TPSA) is 188 Å². The number of carbonyl (C=O) groups is 5. The van der Waals surface area contributed by atoms with E-state index in [0.717, 1.165) is 6.07 Å². The van der Waals surface area contributed by atoms with Crippen molar-refractivity contribution in [1.29, 1.82) is 0 Å². The zero-order valence-corrected chi connectivity index (χ0v) is 24.8. The number of phenols is 1. The summed E-state index contributed by atoms with van der Waals surface area (Å²) in [5.41, 5.74) is 1.56. The molecule has 7 unspecified atom stereocenters. The molecule has 0 bridgehead atoms. The summed E-state index contributed by atoms with van der Waals surface area (Å²) in [6, 6.07) is -0.906. The molecule has 2 saturated carbocycles. The van der Waals surface area contributed by atoms with E-state index in [1.807, 2.05) is 4.90 Å². The van der Waals surface area contributed by atoms with Gasteiger partial charge in [0.2, 0.25) is 5.91 Å². The molecule has 1 aromatic carbocycles. The molecule has 1 amide bonds. The second-order valence-electron chi connectivity index (χ2n) is 12.6. The lowest BCUT2D eigenvalue weighted by atomic mass is 9.52. The van der Waals surface area contributed by atoms with E-state index in [1.54, 1.807) is 0 Å². The maximum atomic E-state index is 14.0. The summed E-state index contributed by atoms with van der Waals surface area (Å²) in [6.07, 6.45) is -3.70. The van der Waals surface area contributed by atoms with E-state index in [-0.39, 0.29) is 30.6 Å². The lowest BCUT2D eigenvalue weighted by Crippen LogP contribution is -2.74. The van der Waals surface area contributed by atoms with Crippen molar-refractivity contribution in [3.63, 3.8) is 0 Å². The van der Waals surface area contributed by atoms with Crippen molar-refractivity contribution in [2.24, 2.45) is 29.4 Å². The number of ketones is 4. The molecule has 1 aliphatic heterocycles. The monoisotopic (exact) mass is 639 g/mol. The second kappa shape index (κ2) is 11.8. The van der Waals surface area contributed by atoms with E-state index < -0.39 is 93.8 Å². The molecule has 5 rings (SSSR count). The number of aliphatic hydroxyl groups is 2. The molecule has 15 heteroatoms. The molecule has 12 nitrogen and oxygen atoms in total. The van der Waals surface area contributed by atoms with Crippen molar-refractivity contribution in [1.82, 2.24) is 9.80 Å². The van der Waals surface area contributed by atoms with E-state index in [0.29, 0.717) is 38.8 Å². The number of likely N-dealkylation sites (N-methyl/N-ethyl adjacent to an activating group) is 1. The summed E-state index contributed by atoms with van der Waals surface area (Å²) in [6.45, 7) is 0.973. The van der Waals surface area contributed by atoms with Crippen molar-refractivity contribution in [2.75, 3.05) is 33.8 Å². The van der Waals surface area contributed by atoms with Gasteiger partial charge in [-0.1, -0.05) is 0 Å². The minimum atomic E-state index is -5.18. The lowest BCUT2D eigenvalue weighted by Gasteiger charge is -2.52. The van der Waals surface area contributed by atoms with Crippen LogP contribution in [-0.4, -0.2) is 106 Å². The first-order valence-corrected chi connectivity index (χ1v) is 14.9. The minimum Gasteiger partial charge on any atom is -0.507 e. The van der Waals surface area contributed by atoms with Crippen molar-refractivity contribution in [2.45, 2.75) is 62.6 Å². The highest BCUT2D eigenvalue weighted by molar-refractivity contribution is 6.32. The number of likely N-dealkylation sites (tertiary alicyclic amines) is 1. The van der Waals surface area contributed by atoms with Gasteiger partial charge in [0, 0.05) is 29.7 Å². The average molecular weight is 640 g/mol. The fraction of sp³-hybridized carbons (Fsp3) is 0.633. The van der Waals surface area contributed by atoms with Crippen LogP contribution in [0.2, 0.25) is 0 Å². The van der Waals surface area contributed by atoms with Gasteiger partial charge in [-0.3, -0.25) is 33.8 Å². The Labute approximate surface area is 256 Å². The molecule has 3 aliphatic carbocycles. The highest BCUT2D eigenvalue weighted by Crippen LogP contribution is 2.54. The average Bonchev–Trinajstić information content (AvgIpc) is 3.39. The Kier molecular flexibility index (Phi) is 8.61. The number of rotatable bonds is 8. The number of Topliss-reactive ketones (excluding diaryl/α,β-unsaturated/α-hetero) is 4. The predicted molar refractivity (Wildman–Crippen MR) is 148 cm³/mol. The van der Waals surface area contributed by atoms with E-state index >= 15 is 0 Å². The molecule has 0 radical (unpaired) electrons. The maximum absolute atomic E-state index is 14.0. The summed E-state index contributed by atoms with van der Waals surface area (Å²) in [5, 5.41) is 32.0. The number of aromatic hydroxyl groups is 1. The normalized spacial score (nSPS) is 32.0. The molecule has 7 atom stereocenters. The molecule has 3 fully saturated rings. The van der Waals surface area contributed by atoms with Gasteiger partial charge in [-0.15, -0.1) is 13.2 Å². The van der Waals surface area contributed by atoms with Gasteiger partial charge in [-0.2, -0.15) is 0 Å². The molecule has 5 N–H and O–H groups in total. The molecular formula is C30H36F3N3O9. The molecule has 1 aromatic rings. The zero-order chi connectivity index (χ0) is 33.2. The molecule has 0 spiro atoms. The Morgan fingerprint density at radius 2 is 1.87 bits per heavy atom. The Morgan fingerprint density at radius 3 is 2.47 bits per heavy atom. The van der Waals surface area contributed by atoms with Crippen LogP contribution < -0.4 is 10.5 Å². The number of phenolic OH excluding ortho intramolecular Hbond substituents is 1. The third-order valence-electron chi connectivity index (χ3n) is 9.83. The predicted octanol–water partition coefficient (Wildman–Crippen LogP) is 0.675. The standard InChI is InChI=1S/C30H36F3N3O9/c1-35(2)22-16-11-13-10-15-20(23(39)19(13)26(41)29(16,44)27(42)21(24(22)40)28(34)43)18(38)12-14(25(15)45-30(31,32)33)17-6-5-8-36(17)7-3-4-9-37/h12-13,16-17,19,21-22,37-38,44H,3-11H2,1-2H3,(H2,34,43). The van der Waals surface area contributed by atoms with Gasteiger partial charge < -0.3 is 25.8 Å². The van der Waals surface area contributed by atoms with Crippen LogP contribution in [0.5, 0.6) is 11.5 Å². The number of nitrogens with zero attached hydrogens (tertiary/aromatic N) is 2. The van der Waals surface area contributed by atoms with Crippen LogP contribution in [0.4, 0.5) is 13.2 Å². The first-order chi connectivity index (χ1) is 21.0. The number of primary amides is 1. The van der Waals surface area contributed by atoms with E-state index in [9.17, 15) is 52.5 Å². The Hall–Kier alpha value is -3.40. The van der Waals surface area contributed by atoms with E-state index in [4.69, 9.17) is 5.73 Å². The smallest absolute Gasteiger partial charge is 0.507 e. The molecule has 246 valence electrons. The van der Waals surface area contributed by atoms with Gasteiger partial charge in [0.05, 0.1) is 17.5 Å². The first-order valence-electron chi connectivity index (χ1n) is 14.9. The van der Waals surface area contributed by atoms with Crippen LogP contribution in [0, 0.1) is 23.7 Å². The van der Waals surface area contributed by atoms with E-state index in [1.165, 1.54) is 19.0 Å². The number of alkyl halides is 3. The Morgan fingerprint density at radius 1 is 1.18 bits per heavy atom. The number of benzene rings is 1. The summed E-state index contributed by atoms with van der Waals surface area (Å²) < 4.78 is 46.3. The number of aliphatic hydroxyl groups excluding tert-OH is 1. The third kappa shape index (κ3) is 5.32. The van der Waals surface area contributed by atoms with Crippen molar-refractivity contribution < 1.29 is 57.2 Å². The highest BCUT2D eigenvalue weighted by Gasteiger charge is 2.69. The van der Waals surface area contributed by atoms with Crippen LogP contribution in [0.15, 0.2) is 6.07 Å². The summed E-state index contributed by atoms with van der Waals surface area (Å²) in [5.74, 6) is -13.8. The van der Waals surface area contributed by atoms with Crippen LogP contribution in [0.25, 0.3) is 0 Å². The fourth-order valence-electron chi connectivity index (χ4n) is 8.04. The largest absolute Gasteiger partial charge is 0.573 e. The molecule has 4 aliphatic rings. The molecular weight excluding hydrogens is 603 g/mol. The Bertz CT molecular complexity index is 1450. The maximum Gasteiger partial charge on any atom is 0.573 e. The number of hydrogen-bond acceptors (Lipinski definition) is 11. The number of ether oxygens (including phenoxy) is 1. The number of fused-ring (bicyclic) bond motifs is 3. The van der Waals surface area contributed by atoms with Gasteiger partial charge in [0.15, 0.2) is 34.7 Å². The van der Waals surface area contributed by atoms with Crippen LogP contribution >= 0.6 is 0 Å². The van der Waals surface area contributed by atoms with Crippen LogP contribution in [0.3, 0.4) is 0 Å². The van der Waals surface area contributed by atoms with Gasteiger partial charge >= 0.3 is 6.36 Å². The SMILES string of the molecule is CN(C)C1C(=O)C(C(N)=O)C(=O)C2(O)C(=O)C3C(=O)c4c(O)cc(C5CCCN5CCCCO)c(OC(F)(F)F)c4CC3CC12. The van der Waals surface area contributed by atoms with Crippen molar-refractivity contribution >= 4 is 29.0 Å². The number of carbonyl (C=O) groups excluding carboxylic acids is 5. The fourth-order valence-corrected chi connectivity index (χ4v) is 8.04. The quantitative estimate of drug-likeness (QED) is 0.231. The summed E-state index contributed by atoms with van der Waals surface area (Å²) in [7, 11) is 2.87.